The van der Waals surface area contributed by atoms with E-state index in [0.717, 1.165) is 0 Å². The number of nitrogens with one attached hydrogen (secondary N) is 3. The second-order valence-electron chi connectivity index (χ2n) is 8.39. The van der Waals surface area contributed by atoms with E-state index in [1.165, 1.54) is 25.5 Å². The van der Waals surface area contributed by atoms with Gasteiger partial charge < -0.3 is 20.3 Å². The lowest BCUT2D eigenvalue weighted by atomic mass is 10.1. The smallest absolute Gasteiger partial charge is 0.259 e. The summed E-state index contributed by atoms with van der Waals surface area (Å²) in [5, 5.41) is 13.7. The Labute approximate surface area is 198 Å². The number of nitrogens with zero attached hydrogens (tertiary/aromatic N) is 2. The Morgan fingerprint density at radius 2 is 1.68 bits per heavy atom. The third kappa shape index (κ3) is 5.23. The summed E-state index contributed by atoms with van der Waals surface area (Å²) in [6.07, 6.45) is 4.16. The van der Waals surface area contributed by atoms with Crippen LogP contribution >= 0.6 is 0 Å². The number of anilines is 2. The fourth-order valence-electron chi connectivity index (χ4n) is 3.50. The first-order valence-electron chi connectivity index (χ1n) is 11.0. The minimum atomic E-state index is -0.407. The summed E-state index contributed by atoms with van der Waals surface area (Å²) >= 11 is 0. The third-order valence-corrected chi connectivity index (χ3v) is 5.66. The standard InChI is InChI=1S/C26H27N5O3/c1-31(2)24(27)17-6-8-18(9-7-17)25(32)29-22-12-11-20(34-3)14-21(22)26(33)30-23-13-10-19(15-28-23)16-4-5-16/h6-16,27H,4-5H2,1-3H3,(H,29,32)(H,28,30,33). The number of amides is 2. The normalized spacial score (nSPS) is 12.6. The fraction of sp³-hybridized carbons (Fsp3) is 0.231. The number of hydrogen-bond acceptors (Lipinski definition) is 5. The number of carbonyl (C=O) groups is 2. The number of benzene rings is 2. The van der Waals surface area contributed by atoms with Gasteiger partial charge in [-0.25, -0.2) is 4.98 Å². The number of hydrogen-bond donors (Lipinski definition) is 3. The number of amidine groups is 1. The summed E-state index contributed by atoms with van der Waals surface area (Å²) in [5.74, 6) is 1.09. The molecule has 174 valence electrons. The maximum absolute atomic E-state index is 13.0. The van der Waals surface area contributed by atoms with Crippen molar-refractivity contribution in [3.63, 3.8) is 0 Å². The zero-order valence-corrected chi connectivity index (χ0v) is 19.4. The molecule has 2 amide bonds. The van der Waals surface area contributed by atoms with E-state index in [2.05, 4.69) is 15.6 Å². The molecule has 0 unspecified atom stereocenters. The van der Waals surface area contributed by atoms with Crippen LogP contribution in [0.5, 0.6) is 5.75 Å². The van der Waals surface area contributed by atoms with Crippen LogP contribution in [0.4, 0.5) is 11.5 Å². The summed E-state index contributed by atoms with van der Waals surface area (Å²) in [6, 6.07) is 15.4. The van der Waals surface area contributed by atoms with E-state index in [-0.39, 0.29) is 11.5 Å². The Hall–Kier alpha value is -4.20. The van der Waals surface area contributed by atoms with Crippen molar-refractivity contribution in [3.8, 4) is 5.75 Å². The van der Waals surface area contributed by atoms with Gasteiger partial charge in [-0.15, -0.1) is 0 Å². The van der Waals surface area contributed by atoms with E-state index in [9.17, 15) is 9.59 Å². The van der Waals surface area contributed by atoms with Gasteiger partial charge in [-0.05, 0) is 60.7 Å². The largest absolute Gasteiger partial charge is 0.497 e. The van der Waals surface area contributed by atoms with Gasteiger partial charge in [0.15, 0.2) is 0 Å². The number of ether oxygens (including phenoxy) is 1. The van der Waals surface area contributed by atoms with Crippen LogP contribution in [0.15, 0.2) is 60.8 Å². The monoisotopic (exact) mass is 457 g/mol. The Bertz CT molecular complexity index is 1220. The topological polar surface area (TPSA) is 107 Å². The molecule has 1 saturated carbocycles. The van der Waals surface area contributed by atoms with E-state index < -0.39 is 5.91 Å². The molecule has 8 heteroatoms. The molecule has 4 rings (SSSR count). The van der Waals surface area contributed by atoms with E-state index in [1.54, 1.807) is 73.7 Å². The second kappa shape index (κ2) is 9.74. The van der Waals surface area contributed by atoms with E-state index in [4.69, 9.17) is 10.1 Å². The van der Waals surface area contributed by atoms with Crippen LogP contribution in [0.25, 0.3) is 0 Å². The number of carbonyl (C=O) groups excluding carboxylic acids is 2. The molecule has 0 bridgehead atoms. The van der Waals surface area contributed by atoms with Gasteiger partial charge in [0.2, 0.25) is 0 Å². The molecule has 34 heavy (non-hydrogen) atoms. The van der Waals surface area contributed by atoms with Crippen molar-refractivity contribution in [2.75, 3.05) is 31.8 Å². The Morgan fingerprint density at radius 3 is 2.26 bits per heavy atom. The van der Waals surface area contributed by atoms with Crippen molar-refractivity contribution in [1.82, 2.24) is 9.88 Å². The average Bonchev–Trinajstić information content (AvgIpc) is 3.70. The zero-order chi connectivity index (χ0) is 24.2. The van der Waals surface area contributed by atoms with E-state index >= 15 is 0 Å². The van der Waals surface area contributed by atoms with Crippen molar-refractivity contribution in [2.45, 2.75) is 18.8 Å². The van der Waals surface area contributed by atoms with Crippen LogP contribution in [0, 0.1) is 5.41 Å². The van der Waals surface area contributed by atoms with Crippen molar-refractivity contribution in [1.29, 1.82) is 5.41 Å². The molecular formula is C26H27N5O3. The number of rotatable bonds is 7. The summed E-state index contributed by atoms with van der Waals surface area (Å²) in [4.78, 5) is 32.0. The summed E-state index contributed by atoms with van der Waals surface area (Å²) in [6.45, 7) is 0. The van der Waals surface area contributed by atoms with Crippen molar-refractivity contribution in [3.05, 3.63) is 83.0 Å². The maximum Gasteiger partial charge on any atom is 0.259 e. The molecule has 0 aliphatic heterocycles. The number of aromatic nitrogens is 1. The summed E-state index contributed by atoms with van der Waals surface area (Å²) in [7, 11) is 5.09. The quantitative estimate of drug-likeness (QED) is 0.361. The van der Waals surface area contributed by atoms with Crippen LogP contribution in [0.1, 0.15) is 50.6 Å². The predicted octanol–water partition coefficient (Wildman–Crippen LogP) is 4.36. The zero-order valence-electron chi connectivity index (χ0n) is 19.4. The number of methoxy groups -OCH3 is 1. The molecule has 1 heterocycles. The van der Waals surface area contributed by atoms with Gasteiger partial charge in [-0.1, -0.05) is 18.2 Å². The first kappa shape index (κ1) is 23.0. The molecule has 0 atom stereocenters. The van der Waals surface area contributed by atoms with Gasteiger partial charge in [-0.2, -0.15) is 0 Å². The molecule has 3 N–H and O–H groups in total. The van der Waals surface area contributed by atoms with Gasteiger partial charge >= 0.3 is 0 Å². The SMILES string of the molecule is COc1ccc(NC(=O)c2ccc(C(=N)N(C)C)cc2)c(C(=O)Nc2ccc(C3CC3)cn2)c1. The summed E-state index contributed by atoms with van der Waals surface area (Å²) < 4.78 is 5.27. The van der Waals surface area contributed by atoms with Crippen LogP contribution in [0.2, 0.25) is 0 Å². The van der Waals surface area contributed by atoms with Gasteiger partial charge in [0.25, 0.3) is 11.8 Å². The van der Waals surface area contributed by atoms with Gasteiger partial charge in [0.1, 0.15) is 17.4 Å². The highest BCUT2D eigenvalue weighted by atomic mass is 16.5. The van der Waals surface area contributed by atoms with Crippen molar-refractivity contribution < 1.29 is 14.3 Å². The van der Waals surface area contributed by atoms with Crippen LogP contribution < -0.4 is 15.4 Å². The molecule has 8 nitrogen and oxygen atoms in total. The van der Waals surface area contributed by atoms with Crippen LogP contribution in [-0.2, 0) is 0 Å². The lowest BCUT2D eigenvalue weighted by molar-refractivity contribution is 0.102. The Balaban J connectivity index is 1.52. The van der Waals surface area contributed by atoms with Crippen molar-refractivity contribution in [2.24, 2.45) is 0 Å². The van der Waals surface area contributed by atoms with Gasteiger partial charge in [0, 0.05) is 31.4 Å². The summed E-state index contributed by atoms with van der Waals surface area (Å²) in [5.41, 5.74) is 2.90. The molecule has 1 aromatic heterocycles. The molecule has 0 radical (unpaired) electrons. The molecule has 0 saturated heterocycles. The molecule has 2 aromatic carbocycles. The highest BCUT2D eigenvalue weighted by molar-refractivity contribution is 6.12. The minimum Gasteiger partial charge on any atom is -0.497 e. The molecule has 0 spiro atoms. The first-order chi connectivity index (χ1) is 16.4. The minimum absolute atomic E-state index is 0.256. The molecule has 3 aromatic rings. The Morgan fingerprint density at radius 1 is 0.971 bits per heavy atom. The van der Waals surface area contributed by atoms with Crippen LogP contribution in [-0.4, -0.2) is 48.7 Å². The van der Waals surface area contributed by atoms with E-state index in [1.807, 2.05) is 6.07 Å². The second-order valence-corrected chi connectivity index (χ2v) is 8.39. The lowest BCUT2D eigenvalue weighted by Crippen LogP contribution is -2.22. The van der Waals surface area contributed by atoms with E-state index in [0.29, 0.717) is 40.1 Å². The van der Waals surface area contributed by atoms with Crippen LogP contribution in [0.3, 0.4) is 0 Å². The maximum atomic E-state index is 13.0. The van der Waals surface area contributed by atoms with Gasteiger partial charge in [-0.3, -0.25) is 15.0 Å². The third-order valence-electron chi connectivity index (χ3n) is 5.66. The lowest BCUT2D eigenvalue weighted by Gasteiger charge is -2.15. The van der Waals surface area contributed by atoms with Gasteiger partial charge in [0.05, 0.1) is 18.4 Å². The first-order valence-corrected chi connectivity index (χ1v) is 11.0. The van der Waals surface area contributed by atoms with Crippen molar-refractivity contribution >= 4 is 29.2 Å². The predicted molar refractivity (Wildman–Crippen MR) is 132 cm³/mol. The number of pyridine rings is 1. The molecule has 1 aliphatic rings. The Kier molecular flexibility index (Phi) is 6.58. The fourth-order valence-corrected chi connectivity index (χ4v) is 3.50. The molecule has 1 aliphatic carbocycles. The molecular weight excluding hydrogens is 430 g/mol. The molecule has 1 fully saturated rings. The highest BCUT2D eigenvalue weighted by Gasteiger charge is 2.24. The highest BCUT2D eigenvalue weighted by Crippen LogP contribution is 2.39. The average molecular weight is 458 g/mol.